The van der Waals surface area contributed by atoms with E-state index in [0.717, 1.165) is 17.7 Å². The van der Waals surface area contributed by atoms with Crippen LogP contribution >= 0.6 is 0 Å². The summed E-state index contributed by atoms with van der Waals surface area (Å²) in [6.07, 6.45) is 8.06. The second-order valence-electron chi connectivity index (χ2n) is 4.72. The molecule has 1 saturated carbocycles. The molecular weight excluding hydrogens is 210 g/mol. The van der Waals surface area contributed by atoms with Gasteiger partial charge >= 0.3 is 0 Å². The average Bonchev–Trinajstić information content (AvgIpc) is 2.83. The molecule has 1 fully saturated rings. The van der Waals surface area contributed by atoms with Crippen LogP contribution in [0.15, 0.2) is 36.9 Å². The maximum atomic E-state index is 6.01. The second kappa shape index (κ2) is 5.87. The van der Waals surface area contributed by atoms with Crippen molar-refractivity contribution in [2.24, 2.45) is 5.73 Å². The van der Waals surface area contributed by atoms with Crippen molar-refractivity contribution in [2.45, 2.75) is 44.2 Å². The Labute approximate surface area is 103 Å². The van der Waals surface area contributed by atoms with Crippen LogP contribution in [0.25, 0.3) is 0 Å². The predicted molar refractivity (Wildman–Crippen MR) is 71.1 cm³/mol. The Kier molecular flexibility index (Phi) is 4.21. The summed E-state index contributed by atoms with van der Waals surface area (Å²) >= 11 is 0. The average molecular weight is 231 g/mol. The lowest BCUT2D eigenvalue weighted by Crippen LogP contribution is -2.11. The fourth-order valence-corrected chi connectivity index (χ4v) is 2.31. The lowest BCUT2D eigenvalue weighted by molar-refractivity contribution is 0.210. The Morgan fingerprint density at radius 3 is 2.53 bits per heavy atom. The molecule has 1 aromatic carbocycles. The highest BCUT2D eigenvalue weighted by molar-refractivity contribution is 5.29. The molecule has 1 aromatic rings. The summed E-state index contributed by atoms with van der Waals surface area (Å²) in [6.45, 7) is 3.71. The first kappa shape index (κ1) is 12.2. The lowest BCUT2D eigenvalue weighted by atomic mass is 10.0. The molecule has 0 spiro atoms. The first-order valence-corrected chi connectivity index (χ1v) is 6.42. The van der Waals surface area contributed by atoms with Gasteiger partial charge in [0.25, 0.3) is 0 Å². The van der Waals surface area contributed by atoms with Gasteiger partial charge in [-0.1, -0.05) is 18.2 Å². The highest BCUT2D eigenvalue weighted by atomic mass is 16.5. The second-order valence-corrected chi connectivity index (χ2v) is 4.72. The minimum Gasteiger partial charge on any atom is -0.490 e. The third-order valence-corrected chi connectivity index (χ3v) is 3.33. The number of hydrogen-bond acceptors (Lipinski definition) is 2. The first-order chi connectivity index (χ1) is 8.29. The molecule has 1 aliphatic rings. The van der Waals surface area contributed by atoms with E-state index in [9.17, 15) is 0 Å². The van der Waals surface area contributed by atoms with Gasteiger partial charge in [0.05, 0.1) is 6.10 Å². The van der Waals surface area contributed by atoms with Crippen LogP contribution in [-0.4, -0.2) is 6.10 Å². The zero-order chi connectivity index (χ0) is 12.1. The molecule has 0 aliphatic heterocycles. The number of rotatable bonds is 5. The fraction of sp³-hybridized carbons (Fsp3) is 0.467. The maximum Gasteiger partial charge on any atom is 0.119 e. The van der Waals surface area contributed by atoms with Gasteiger partial charge in [0.1, 0.15) is 5.75 Å². The molecule has 1 aliphatic carbocycles. The Bertz CT molecular complexity index is 352. The molecule has 17 heavy (non-hydrogen) atoms. The van der Waals surface area contributed by atoms with Gasteiger partial charge in [-0.2, -0.15) is 0 Å². The van der Waals surface area contributed by atoms with Gasteiger partial charge in [0.15, 0.2) is 0 Å². The van der Waals surface area contributed by atoms with Crippen LogP contribution in [0.1, 0.15) is 43.7 Å². The molecule has 1 unspecified atom stereocenters. The Morgan fingerprint density at radius 2 is 1.94 bits per heavy atom. The molecule has 0 heterocycles. The topological polar surface area (TPSA) is 35.2 Å². The van der Waals surface area contributed by atoms with Crippen LogP contribution in [0.4, 0.5) is 0 Å². The van der Waals surface area contributed by atoms with E-state index in [1.165, 1.54) is 25.7 Å². The summed E-state index contributed by atoms with van der Waals surface area (Å²) in [5.74, 6) is 0.964. The quantitative estimate of drug-likeness (QED) is 0.786. The smallest absolute Gasteiger partial charge is 0.119 e. The lowest BCUT2D eigenvalue weighted by Gasteiger charge is -2.14. The number of nitrogens with two attached hydrogens (primary N) is 1. The summed E-state index contributed by atoms with van der Waals surface area (Å²) in [5, 5.41) is 0. The number of benzene rings is 1. The molecule has 0 amide bonds. The van der Waals surface area contributed by atoms with E-state index >= 15 is 0 Å². The number of ether oxygens (including phenoxy) is 1. The van der Waals surface area contributed by atoms with Gasteiger partial charge in [-0.25, -0.2) is 0 Å². The third kappa shape index (κ3) is 3.34. The highest BCUT2D eigenvalue weighted by Gasteiger charge is 2.16. The van der Waals surface area contributed by atoms with E-state index in [4.69, 9.17) is 10.5 Å². The largest absolute Gasteiger partial charge is 0.490 e. The van der Waals surface area contributed by atoms with Crippen molar-refractivity contribution in [1.82, 2.24) is 0 Å². The zero-order valence-electron chi connectivity index (χ0n) is 10.3. The van der Waals surface area contributed by atoms with Gasteiger partial charge in [-0.05, 0) is 49.8 Å². The summed E-state index contributed by atoms with van der Waals surface area (Å²) in [7, 11) is 0. The van der Waals surface area contributed by atoms with E-state index in [0.29, 0.717) is 6.10 Å². The molecule has 2 N–H and O–H groups in total. The molecule has 0 saturated heterocycles. The Balaban J connectivity index is 1.94. The van der Waals surface area contributed by atoms with Crippen LogP contribution in [0.5, 0.6) is 5.75 Å². The summed E-state index contributed by atoms with van der Waals surface area (Å²) < 4.78 is 5.91. The van der Waals surface area contributed by atoms with Crippen LogP contribution in [0, 0.1) is 0 Å². The summed E-state index contributed by atoms with van der Waals surface area (Å²) in [5.41, 5.74) is 7.15. The molecule has 1 atom stereocenters. The monoisotopic (exact) mass is 231 g/mol. The van der Waals surface area contributed by atoms with Crippen LogP contribution in [-0.2, 0) is 0 Å². The number of hydrogen-bond donors (Lipinski definition) is 1. The molecule has 2 nitrogen and oxygen atoms in total. The van der Waals surface area contributed by atoms with E-state index in [-0.39, 0.29) is 6.04 Å². The standard InChI is InChI=1S/C15H21NO/c1-2-5-15(16)12-8-10-14(11-9-12)17-13-6-3-4-7-13/h2,8-11,13,15H,1,3-7,16H2. The molecular formula is C15H21NO. The van der Waals surface area contributed by atoms with Crippen molar-refractivity contribution >= 4 is 0 Å². The van der Waals surface area contributed by atoms with Crippen molar-refractivity contribution in [2.75, 3.05) is 0 Å². The summed E-state index contributed by atoms with van der Waals surface area (Å²) in [4.78, 5) is 0. The van der Waals surface area contributed by atoms with Gasteiger partial charge < -0.3 is 10.5 Å². The van der Waals surface area contributed by atoms with E-state index in [1.54, 1.807) is 0 Å². The predicted octanol–water partition coefficient (Wildman–Crippen LogP) is 3.58. The molecule has 2 rings (SSSR count). The first-order valence-electron chi connectivity index (χ1n) is 6.42. The minimum absolute atomic E-state index is 0.0491. The van der Waals surface area contributed by atoms with Crippen LogP contribution in [0.2, 0.25) is 0 Å². The van der Waals surface area contributed by atoms with E-state index < -0.39 is 0 Å². The van der Waals surface area contributed by atoms with Gasteiger partial charge in [-0.3, -0.25) is 0 Å². The van der Waals surface area contributed by atoms with Crippen molar-refractivity contribution in [3.05, 3.63) is 42.5 Å². The minimum atomic E-state index is 0.0491. The molecule has 0 aromatic heterocycles. The molecule has 2 heteroatoms. The Hall–Kier alpha value is -1.28. The molecule has 92 valence electrons. The van der Waals surface area contributed by atoms with E-state index in [2.05, 4.69) is 18.7 Å². The van der Waals surface area contributed by atoms with Crippen molar-refractivity contribution in [3.8, 4) is 5.75 Å². The SMILES string of the molecule is C=CCC(N)c1ccc(OC2CCCC2)cc1. The maximum absolute atomic E-state index is 6.01. The molecule has 0 radical (unpaired) electrons. The van der Waals surface area contributed by atoms with Crippen molar-refractivity contribution < 1.29 is 4.74 Å². The van der Waals surface area contributed by atoms with Crippen molar-refractivity contribution in [3.63, 3.8) is 0 Å². The van der Waals surface area contributed by atoms with Crippen LogP contribution in [0.3, 0.4) is 0 Å². The zero-order valence-corrected chi connectivity index (χ0v) is 10.3. The van der Waals surface area contributed by atoms with Crippen molar-refractivity contribution in [1.29, 1.82) is 0 Å². The van der Waals surface area contributed by atoms with Gasteiger partial charge in [-0.15, -0.1) is 6.58 Å². The molecule has 0 bridgehead atoms. The van der Waals surface area contributed by atoms with E-state index in [1.807, 2.05) is 18.2 Å². The fourth-order valence-electron chi connectivity index (χ4n) is 2.31. The summed E-state index contributed by atoms with van der Waals surface area (Å²) in [6, 6.07) is 8.21. The third-order valence-electron chi connectivity index (χ3n) is 3.33. The normalized spacial score (nSPS) is 17.9. The highest BCUT2D eigenvalue weighted by Crippen LogP contribution is 2.25. The Morgan fingerprint density at radius 1 is 1.29 bits per heavy atom. The van der Waals surface area contributed by atoms with Gasteiger partial charge in [0, 0.05) is 6.04 Å². The van der Waals surface area contributed by atoms with Gasteiger partial charge in [0.2, 0.25) is 0 Å². The van der Waals surface area contributed by atoms with Crippen LogP contribution < -0.4 is 10.5 Å².